The number of allylic oxidation sites excluding steroid dienone is 1. The summed E-state index contributed by atoms with van der Waals surface area (Å²) in [6, 6.07) is 9.63. The molecule has 0 atom stereocenters. The van der Waals surface area contributed by atoms with Gasteiger partial charge in [-0.05, 0) is 11.6 Å². The molecule has 1 amide bonds. The van der Waals surface area contributed by atoms with E-state index >= 15 is 0 Å². The zero-order valence-electron chi connectivity index (χ0n) is 11.6. The maximum Gasteiger partial charge on any atom is 0.291 e. The highest BCUT2D eigenvalue weighted by Crippen LogP contribution is 2.34. The van der Waals surface area contributed by atoms with Gasteiger partial charge in [-0.3, -0.25) is 4.79 Å². The molecule has 0 unspecified atom stereocenters. The molecule has 0 bridgehead atoms. The van der Waals surface area contributed by atoms with Crippen LogP contribution in [0.5, 0.6) is 0 Å². The molecule has 2 rings (SSSR count). The molecule has 0 fully saturated rings. The van der Waals surface area contributed by atoms with Crippen LogP contribution in [0.4, 0.5) is 5.69 Å². The van der Waals surface area contributed by atoms with Gasteiger partial charge in [0, 0.05) is 6.21 Å². The molecular formula is C15H11Cl3N4O. The molecule has 3 N–H and O–H groups in total. The Labute approximate surface area is 147 Å². The molecule has 8 heteroatoms. The quantitative estimate of drug-likeness (QED) is 0.484. The molecule has 2 aromatic rings. The fraction of sp³-hybridized carbons (Fsp3) is 0. The fourth-order valence-corrected chi connectivity index (χ4v) is 2.19. The normalized spacial score (nSPS) is 11.3. The first-order valence-electron chi connectivity index (χ1n) is 6.35. The summed E-state index contributed by atoms with van der Waals surface area (Å²) in [5.74, 6) is -0.648. The molecule has 1 heterocycles. The van der Waals surface area contributed by atoms with Crippen molar-refractivity contribution in [1.29, 1.82) is 0 Å². The number of hydrazone groups is 1. The van der Waals surface area contributed by atoms with E-state index in [1.807, 2.05) is 36.4 Å². The fourth-order valence-electron chi connectivity index (χ4n) is 1.59. The second kappa shape index (κ2) is 7.97. The second-order valence-electron chi connectivity index (χ2n) is 4.28. The van der Waals surface area contributed by atoms with E-state index in [0.717, 1.165) is 5.56 Å². The van der Waals surface area contributed by atoms with E-state index in [0.29, 0.717) is 0 Å². The topological polar surface area (TPSA) is 80.4 Å². The summed E-state index contributed by atoms with van der Waals surface area (Å²) in [5.41, 5.74) is 8.77. The third-order valence-corrected chi connectivity index (χ3v) is 3.84. The maximum absolute atomic E-state index is 12.0. The minimum Gasteiger partial charge on any atom is -0.396 e. The largest absolute Gasteiger partial charge is 0.396 e. The first-order valence-corrected chi connectivity index (χ1v) is 7.49. The van der Waals surface area contributed by atoms with Crippen molar-refractivity contribution in [3.8, 4) is 0 Å². The van der Waals surface area contributed by atoms with Gasteiger partial charge in [0.15, 0.2) is 10.8 Å². The van der Waals surface area contributed by atoms with Gasteiger partial charge in [0.1, 0.15) is 5.02 Å². The number of nitrogens with one attached hydrogen (secondary N) is 1. The zero-order chi connectivity index (χ0) is 16.8. The van der Waals surface area contributed by atoms with Crippen molar-refractivity contribution >= 4 is 58.7 Å². The summed E-state index contributed by atoms with van der Waals surface area (Å²) >= 11 is 17.5. The highest BCUT2D eigenvalue weighted by molar-refractivity contribution is 6.46. The number of benzene rings is 1. The number of amides is 1. The van der Waals surface area contributed by atoms with Crippen LogP contribution in [-0.2, 0) is 0 Å². The first kappa shape index (κ1) is 17.3. The summed E-state index contributed by atoms with van der Waals surface area (Å²) in [6.45, 7) is 0. The lowest BCUT2D eigenvalue weighted by Crippen LogP contribution is -2.20. The number of rotatable bonds is 4. The zero-order valence-corrected chi connectivity index (χ0v) is 13.9. The lowest BCUT2D eigenvalue weighted by Gasteiger charge is -2.07. The van der Waals surface area contributed by atoms with E-state index in [1.54, 1.807) is 6.08 Å². The number of hydrogen-bond donors (Lipinski definition) is 2. The lowest BCUT2D eigenvalue weighted by atomic mass is 10.2. The summed E-state index contributed by atoms with van der Waals surface area (Å²) in [4.78, 5) is 15.8. The average molecular weight is 370 g/mol. The van der Waals surface area contributed by atoms with Crippen molar-refractivity contribution in [3.05, 3.63) is 62.9 Å². The number of carbonyl (C=O) groups excluding carboxylic acids is 1. The highest BCUT2D eigenvalue weighted by atomic mass is 35.5. The Hall–Kier alpha value is -2.08. The van der Waals surface area contributed by atoms with E-state index < -0.39 is 5.91 Å². The van der Waals surface area contributed by atoms with Gasteiger partial charge < -0.3 is 5.73 Å². The second-order valence-corrected chi connectivity index (χ2v) is 5.40. The minimum absolute atomic E-state index is 0.00233. The molecule has 0 saturated heterocycles. The molecule has 0 saturated carbocycles. The molecule has 1 aromatic heterocycles. The van der Waals surface area contributed by atoms with Crippen molar-refractivity contribution in [2.24, 2.45) is 5.10 Å². The molecule has 1 aromatic carbocycles. The number of nitrogens with zero attached hydrogens (tertiary/aromatic N) is 2. The van der Waals surface area contributed by atoms with Crippen molar-refractivity contribution in [1.82, 2.24) is 10.4 Å². The number of nitrogen functional groups attached to an aromatic ring is 1. The number of hydrogen-bond acceptors (Lipinski definition) is 4. The number of aromatic nitrogens is 1. The van der Waals surface area contributed by atoms with Crippen molar-refractivity contribution in [3.63, 3.8) is 0 Å². The van der Waals surface area contributed by atoms with Gasteiger partial charge in [0.25, 0.3) is 5.91 Å². The average Bonchev–Trinajstić information content (AvgIpc) is 2.56. The van der Waals surface area contributed by atoms with Crippen LogP contribution in [0, 0.1) is 0 Å². The van der Waals surface area contributed by atoms with Crippen molar-refractivity contribution in [2.45, 2.75) is 0 Å². The van der Waals surface area contributed by atoms with Crippen LogP contribution in [0.2, 0.25) is 15.2 Å². The van der Waals surface area contributed by atoms with Crippen LogP contribution in [-0.4, -0.2) is 17.1 Å². The highest BCUT2D eigenvalue weighted by Gasteiger charge is 2.19. The van der Waals surface area contributed by atoms with E-state index in [4.69, 9.17) is 40.5 Å². The Balaban J connectivity index is 2.03. The Kier molecular flexibility index (Phi) is 5.98. The van der Waals surface area contributed by atoms with E-state index in [9.17, 15) is 4.79 Å². The molecule has 118 valence electrons. The molecule has 0 aliphatic heterocycles. The van der Waals surface area contributed by atoms with Gasteiger partial charge in [-0.2, -0.15) is 5.10 Å². The molecule has 23 heavy (non-hydrogen) atoms. The SMILES string of the molecule is Nc1c(Cl)c(Cl)nc(C(=O)N/N=C\C=C\c2ccccc2)c1Cl. The Morgan fingerprint density at radius 2 is 1.87 bits per heavy atom. The maximum atomic E-state index is 12.0. The van der Waals surface area contributed by atoms with E-state index in [-0.39, 0.29) is 26.6 Å². The van der Waals surface area contributed by atoms with Crippen LogP contribution in [0.25, 0.3) is 6.08 Å². The Morgan fingerprint density at radius 1 is 1.17 bits per heavy atom. The van der Waals surface area contributed by atoms with E-state index in [2.05, 4.69) is 15.5 Å². The smallest absolute Gasteiger partial charge is 0.291 e. The summed E-state index contributed by atoms with van der Waals surface area (Å²) in [6.07, 6.45) is 4.92. The van der Waals surface area contributed by atoms with Gasteiger partial charge >= 0.3 is 0 Å². The number of halogens is 3. The summed E-state index contributed by atoms with van der Waals surface area (Å²) in [7, 11) is 0. The van der Waals surface area contributed by atoms with Gasteiger partial charge in [0.2, 0.25) is 0 Å². The van der Waals surface area contributed by atoms with Crippen LogP contribution in [0.3, 0.4) is 0 Å². The van der Waals surface area contributed by atoms with Crippen molar-refractivity contribution < 1.29 is 4.79 Å². The van der Waals surface area contributed by atoms with Crippen molar-refractivity contribution in [2.75, 3.05) is 5.73 Å². The van der Waals surface area contributed by atoms with Gasteiger partial charge in [-0.1, -0.05) is 71.2 Å². The number of pyridine rings is 1. The number of nitrogens with two attached hydrogens (primary N) is 1. The minimum atomic E-state index is -0.648. The molecule has 0 aliphatic carbocycles. The van der Waals surface area contributed by atoms with Gasteiger partial charge in [-0.15, -0.1) is 0 Å². The summed E-state index contributed by atoms with van der Waals surface area (Å²) in [5, 5.41) is 3.58. The molecular weight excluding hydrogens is 359 g/mol. The predicted molar refractivity (Wildman–Crippen MR) is 95.1 cm³/mol. The van der Waals surface area contributed by atoms with Gasteiger partial charge in [0.05, 0.1) is 10.7 Å². The lowest BCUT2D eigenvalue weighted by molar-refractivity contribution is 0.0950. The van der Waals surface area contributed by atoms with Crippen LogP contribution < -0.4 is 11.2 Å². The summed E-state index contributed by atoms with van der Waals surface area (Å²) < 4.78 is 0. The third kappa shape index (κ3) is 4.45. The monoisotopic (exact) mass is 368 g/mol. The van der Waals surface area contributed by atoms with Crippen LogP contribution in [0.1, 0.15) is 16.1 Å². The Bertz CT molecular complexity index is 776. The first-order chi connectivity index (χ1) is 11.0. The molecule has 0 radical (unpaired) electrons. The predicted octanol–water partition coefficient (Wildman–Crippen LogP) is 4.05. The van der Waals surface area contributed by atoms with Crippen LogP contribution in [0.15, 0.2) is 41.5 Å². The molecule has 0 spiro atoms. The Morgan fingerprint density at radius 3 is 2.57 bits per heavy atom. The van der Waals surface area contributed by atoms with Gasteiger partial charge in [-0.25, -0.2) is 10.4 Å². The third-order valence-electron chi connectivity index (χ3n) is 2.70. The molecule has 5 nitrogen and oxygen atoms in total. The number of carbonyl (C=O) groups is 1. The molecule has 0 aliphatic rings. The van der Waals surface area contributed by atoms with E-state index in [1.165, 1.54) is 6.21 Å². The standard InChI is InChI=1S/C15H11Cl3N4O/c16-10-12(19)11(17)14(18)21-13(10)15(23)22-20-8-4-7-9-5-2-1-3-6-9/h1-8H,(H2,19,21)(H,22,23)/b7-4+,20-8-. The number of anilines is 1. The van der Waals surface area contributed by atoms with Crippen LogP contribution >= 0.6 is 34.8 Å².